The molecule has 1 rings (SSSR count). The number of ether oxygens (including phenoxy) is 1. The van der Waals surface area contributed by atoms with E-state index in [1.807, 2.05) is 19.1 Å². The molecule has 0 saturated carbocycles. The number of aliphatic carboxylic acids is 1. The van der Waals surface area contributed by atoms with Crippen LogP contribution in [0.5, 0.6) is 0 Å². The van der Waals surface area contributed by atoms with Gasteiger partial charge in [0.2, 0.25) is 0 Å². The Bertz CT molecular complexity index is 483. The Labute approximate surface area is 164 Å². The molecule has 0 saturated heterocycles. The van der Waals surface area contributed by atoms with Gasteiger partial charge in [-0.2, -0.15) is 0 Å². The van der Waals surface area contributed by atoms with Gasteiger partial charge in [0.15, 0.2) is 0 Å². The molecule has 1 aliphatic carbocycles. The lowest BCUT2D eigenvalue weighted by atomic mass is 9.93. The Morgan fingerprint density at radius 3 is 2.59 bits per heavy atom. The van der Waals surface area contributed by atoms with Crippen molar-refractivity contribution in [3.63, 3.8) is 0 Å². The highest BCUT2D eigenvalue weighted by Gasteiger charge is 2.32. The summed E-state index contributed by atoms with van der Waals surface area (Å²) in [6, 6.07) is 0. The Morgan fingerprint density at radius 2 is 1.93 bits per heavy atom. The first kappa shape index (κ1) is 23.7. The van der Waals surface area contributed by atoms with E-state index in [0.29, 0.717) is 19.4 Å². The Balaban J connectivity index is 2.58. The molecule has 3 N–H and O–H groups in total. The van der Waals surface area contributed by atoms with Gasteiger partial charge in [-0.1, -0.05) is 51.2 Å². The first-order chi connectivity index (χ1) is 13.0. The van der Waals surface area contributed by atoms with E-state index in [9.17, 15) is 15.0 Å². The lowest BCUT2D eigenvalue weighted by Crippen LogP contribution is -2.15. The van der Waals surface area contributed by atoms with Crippen LogP contribution in [0, 0.1) is 5.92 Å². The smallest absolute Gasteiger partial charge is 0.303 e. The molecule has 0 aromatic carbocycles. The quantitative estimate of drug-likeness (QED) is 0.285. The van der Waals surface area contributed by atoms with Gasteiger partial charge < -0.3 is 20.1 Å². The summed E-state index contributed by atoms with van der Waals surface area (Å²) in [7, 11) is 0. The van der Waals surface area contributed by atoms with Crippen molar-refractivity contribution in [1.82, 2.24) is 0 Å². The van der Waals surface area contributed by atoms with Crippen molar-refractivity contribution in [2.45, 2.75) is 96.7 Å². The van der Waals surface area contributed by atoms with Crippen molar-refractivity contribution < 1.29 is 24.9 Å². The van der Waals surface area contributed by atoms with Crippen LogP contribution in [-0.2, 0) is 9.53 Å². The molecule has 156 valence electrons. The second-order valence-corrected chi connectivity index (χ2v) is 7.43. The molecule has 0 amide bonds. The number of carbonyl (C=O) groups is 1. The maximum atomic E-state index is 10.6. The van der Waals surface area contributed by atoms with Gasteiger partial charge in [-0.3, -0.25) is 4.79 Å². The molecule has 0 heterocycles. The maximum Gasteiger partial charge on any atom is 0.303 e. The van der Waals surface area contributed by atoms with Crippen molar-refractivity contribution in [1.29, 1.82) is 0 Å². The SMILES string of the molecule is CCCCC[C@H](O)/C=C/[C@@H]1C(CCCCCCC(=O)O)=C(OCC)C[C@H]1O. The van der Waals surface area contributed by atoms with Gasteiger partial charge in [0.1, 0.15) is 0 Å². The molecular formula is C22H38O5. The van der Waals surface area contributed by atoms with E-state index in [0.717, 1.165) is 62.7 Å². The Morgan fingerprint density at radius 1 is 1.19 bits per heavy atom. The van der Waals surface area contributed by atoms with E-state index in [2.05, 4.69) is 6.92 Å². The molecular weight excluding hydrogens is 344 g/mol. The molecule has 3 atom stereocenters. The first-order valence-corrected chi connectivity index (χ1v) is 10.6. The third-order valence-electron chi connectivity index (χ3n) is 5.12. The second kappa shape index (κ2) is 13.8. The van der Waals surface area contributed by atoms with Gasteiger partial charge in [-0.05, 0) is 38.2 Å². The number of carboxylic acids is 1. The molecule has 0 aromatic rings. The highest BCUT2D eigenvalue weighted by atomic mass is 16.5. The summed E-state index contributed by atoms with van der Waals surface area (Å²) in [6.45, 7) is 4.68. The average molecular weight is 383 g/mol. The van der Waals surface area contributed by atoms with Gasteiger partial charge in [-0.25, -0.2) is 0 Å². The fraction of sp³-hybridized carbons (Fsp3) is 0.773. The van der Waals surface area contributed by atoms with Crippen LogP contribution in [0.4, 0.5) is 0 Å². The first-order valence-electron chi connectivity index (χ1n) is 10.6. The zero-order valence-electron chi connectivity index (χ0n) is 17.0. The van der Waals surface area contributed by atoms with Crippen LogP contribution >= 0.6 is 0 Å². The molecule has 0 spiro atoms. The largest absolute Gasteiger partial charge is 0.498 e. The molecule has 0 unspecified atom stereocenters. The zero-order valence-corrected chi connectivity index (χ0v) is 17.0. The fourth-order valence-electron chi connectivity index (χ4n) is 3.64. The summed E-state index contributed by atoms with van der Waals surface area (Å²) in [4.78, 5) is 10.6. The molecule has 27 heavy (non-hydrogen) atoms. The highest BCUT2D eigenvalue weighted by molar-refractivity contribution is 5.66. The predicted molar refractivity (Wildman–Crippen MR) is 107 cm³/mol. The number of aliphatic hydroxyl groups is 2. The molecule has 0 radical (unpaired) electrons. The standard InChI is InChI=1S/C22H38O5/c1-3-5-8-11-17(23)14-15-18-19(21(27-4-2)16-20(18)24)12-9-6-7-10-13-22(25)26/h14-15,17-18,20,23-24H,3-13,16H2,1-2H3,(H,25,26)/b15-14+/t17-,18+,20+/m0/s1. The van der Waals surface area contributed by atoms with Crippen LogP contribution in [0.2, 0.25) is 0 Å². The number of hydrogen-bond donors (Lipinski definition) is 3. The van der Waals surface area contributed by atoms with Crippen LogP contribution in [0.15, 0.2) is 23.5 Å². The van der Waals surface area contributed by atoms with Crippen molar-refractivity contribution in [2.75, 3.05) is 6.61 Å². The van der Waals surface area contributed by atoms with Gasteiger partial charge in [-0.15, -0.1) is 0 Å². The third-order valence-corrected chi connectivity index (χ3v) is 5.12. The lowest BCUT2D eigenvalue weighted by molar-refractivity contribution is -0.137. The summed E-state index contributed by atoms with van der Waals surface area (Å²) < 4.78 is 5.76. The normalized spacial score (nSPS) is 21.2. The monoisotopic (exact) mass is 382 g/mol. The maximum absolute atomic E-state index is 10.6. The van der Waals surface area contributed by atoms with Crippen LogP contribution < -0.4 is 0 Å². The number of aliphatic hydroxyl groups excluding tert-OH is 2. The average Bonchev–Trinajstić information content (AvgIpc) is 2.91. The lowest BCUT2D eigenvalue weighted by Gasteiger charge is -2.16. The molecule has 5 heteroatoms. The van der Waals surface area contributed by atoms with E-state index in [4.69, 9.17) is 9.84 Å². The number of hydrogen-bond acceptors (Lipinski definition) is 4. The highest BCUT2D eigenvalue weighted by Crippen LogP contribution is 2.37. The number of unbranched alkanes of at least 4 members (excludes halogenated alkanes) is 5. The van der Waals surface area contributed by atoms with E-state index in [-0.39, 0.29) is 12.3 Å². The molecule has 0 aromatic heterocycles. The van der Waals surface area contributed by atoms with Crippen LogP contribution in [-0.4, -0.2) is 40.1 Å². The summed E-state index contributed by atoms with van der Waals surface area (Å²) in [5, 5.41) is 29.3. The van der Waals surface area contributed by atoms with Crippen LogP contribution in [0.25, 0.3) is 0 Å². The minimum atomic E-state index is -0.738. The zero-order chi connectivity index (χ0) is 20.1. The van der Waals surface area contributed by atoms with Crippen molar-refractivity contribution in [3.8, 4) is 0 Å². The third kappa shape index (κ3) is 9.43. The topological polar surface area (TPSA) is 87.0 Å². The summed E-state index contributed by atoms with van der Waals surface area (Å²) in [5.41, 5.74) is 1.14. The van der Waals surface area contributed by atoms with Gasteiger partial charge in [0.25, 0.3) is 0 Å². The van der Waals surface area contributed by atoms with Crippen molar-refractivity contribution in [2.24, 2.45) is 5.92 Å². The Kier molecular flexibility index (Phi) is 12.1. The van der Waals surface area contributed by atoms with E-state index < -0.39 is 18.2 Å². The van der Waals surface area contributed by atoms with Crippen molar-refractivity contribution >= 4 is 5.97 Å². The summed E-state index contributed by atoms with van der Waals surface area (Å²) >= 11 is 0. The minimum Gasteiger partial charge on any atom is -0.498 e. The summed E-state index contributed by atoms with van der Waals surface area (Å²) in [5.74, 6) is 0.0648. The van der Waals surface area contributed by atoms with Crippen molar-refractivity contribution in [3.05, 3.63) is 23.5 Å². The minimum absolute atomic E-state index is 0.0913. The van der Waals surface area contributed by atoms with Crippen LogP contribution in [0.1, 0.15) is 84.5 Å². The Hall–Kier alpha value is -1.33. The molecule has 0 bridgehead atoms. The molecule has 0 fully saturated rings. The predicted octanol–water partition coefficient (Wildman–Crippen LogP) is 4.58. The summed E-state index contributed by atoms with van der Waals surface area (Å²) in [6.07, 6.45) is 12.0. The van der Waals surface area contributed by atoms with E-state index in [1.54, 1.807) is 0 Å². The second-order valence-electron chi connectivity index (χ2n) is 7.43. The van der Waals surface area contributed by atoms with Gasteiger partial charge >= 0.3 is 5.97 Å². The number of rotatable bonds is 15. The van der Waals surface area contributed by atoms with E-state index >= 15 is 0 Å². The fourth-order valence-corrected chi connectivity index (χ4v) is 3.64. The van der Waals surface area contributed by atoms with Crippen LogP contribution in [0.3, 0.4) is 0 Å². The van der Waals surface area contributed by atoms with Gasteiger partial charge in [0, 0.05) is 18.8 Å². The van der Waals surface area contributed by atoms with E-state index in [1.165, 1.54) is 0 Å². The molecule has 1 aliphatic rings. The molecule has 0 aliphatic heterocycles. The number of carboxylic acid groups (broad SMARTS) is 1. The molecule has 5 nitrogen and oxygen atoms in total. The van der Waals surface area contributed by atoms with Gasteiger partial charge in [0.05, 0.1) is 24.6 Å².